The van der Waals surface area contributed by atoms with Gasteiger partial charge in [0, 0.05) is 117 Å². The van der Waals surface area contributed by atoms with E-state index in [1.54, 1.807) is 11.0 Å². The van der Waals surface area contributed by atoms with Crippen molar-refractivity contribution in [2.75, 3.05) is 63.8 Å². The first-order valence-corrected chi connectivity index (χ1v) is 32.1. The Labute approximate surface area is 514 Å². The quantitative estimate of drug-likeness (QED) is 0.0403. The summed E-state index contributed by atoms with van der Waals surface area (Å²) in [5.41, 5.74) is 3.84. The summed E-state index contributed by atoms with van der Waals surface area (Å²) >= 11 is 0.815. The summed E-state index contributed by atoms with van der Waals surface area (Å²) in [5.74, 6) is -5.62. The molecule has 3 unspecified atom stereocenters. The molecule has 0 bridgehead atoms. The number of thiophene rings is 1. The molecule has 3 aromatic carbocycles. The Morgan fingerprint density at radius 2 is 1.54 bits per heavy atom. The van der Waals surface area contributed by atoms with Crippen molar-refractivity contribution in [2.45, 2.75) is 138 Å². The molecule has 1 aromatic heterocycles. The number of hydrogen-bond acceptors (Lipinski definition) is 14. The highest BCUT2D eigenvalue weighted by molar-refractivity contribution is 7.52. The van der Waals surface area contributed by atoms with Gasteiger partial charge in [-0.1, -0.05) is 57.2 Å². The Balaban J connectivity index is 0.820. The summed E-state index contributed by atoms with van der Waals surface area (Å²) in [7, 11) is -5.94. The number of amides is 9. The van der Waals surface area contributed by atoms with Crippen LogP contribution in [0.5, 0.6) is 0 Å². The van der Waals surface area contributed by atoms with Crippen molar-refractivity contribution in [1.29, 1.82) is 0 Å². The number of carbonyl (C=O) groups excluding carboxylic acids is 9. The highest BCUT2D eigenvalue weighted by Gasteiger charge is 2.51. The summed E-state index contributed by atoms with van der Waals surface area (Å²) in [6.07, 6.45) is -2.61. The molecule has 478 valence electrons. The maximum absolute atomic E-state index is 14.8. The number of nitrogens with one attached hydrogen (secondary N) is 4. The van der Waals surface area contributed by atoms with Crippen LogP contribution in [0, 0.1) is 0 Å². The van der Waals surface area contributed by atoms with Gasteiger partial charge >= 0.3 is 13.3 Å². The average Bonchev–Trinajstić information content (AvgIpc) is 4.12. The SMILES string of the molecule is CC(C)(C)c1ccc(CC(NC(=O)C(CCC(N)=O)NC(=O)[C@@H]2CC[C@@H]3CCN(CC(F)F)C[C@H](NC(=O)c4cc5cc(C(F)(F)P(=O)(O)O)ccc5s4)C(=O)N32)C(=O)N2CCN(C3CN(c4cccc5c4CN(C4CCC(=O)NC4=O)C5=O)C3)CC2)cc1. The summed E-state index contributed by atoms with van der Waals surface area (Å²) in [5, 5.41) is 10.6. The normalized spacial score (nSPS) is 22.3. The molecule has 9 amide bonds. The molecule has 4 aromatic rings. The molecule has 89 heavy (non-hydrogen) atoms. The van der Waals surface area contributed by atoms with Gasteiger partial charge in [0.25, 0.3) is 18.2 Å². The first-order chi connectivity index (χ1) is 42.0. The van der Waals surface area contributed by atoms with Gasteiger partial charge in [-0.25, -0.2) is 8.78 Å². The van der Waals surface area contributed by atoms with Gasteiger partial charge in [-0.2, -0.15) is 8.78 Å². The standard InChI is InChI=1S/C60H72F4N11O12PS/c1-59(2,3)35-9-7-33(8-10-35)25-42(57(83)72-23-21-71(22-24-72)38-28-73(29-38)44-6-4-5-39-40(44)30-74(56(39)82)45-15-18-51(77)69-53(45)79)67-52(78)41(13-17-50(65)76)66-54(80)46-14-12-37-19-20-70(32-49(61)62)31-43(58(84)75(37)46)68-55(81)48-27-34-26-36(11-16-47(34)89-48)60(63,64)88(85,86)87/h4-11,16,26-27,37-38,41-43,45-46,49H,12-15,17-25,28-32H2,1-3H3,(H2,65,76)(H,66,80)(H,67,78)(H,68,81)(H,69,77,79)(H2,85,86,87)/t37-,41?,42?,43+,45?,46+/m1/s1. The van der Waals surface area contributed by atoms with Crippen molar-refractivity contribution < 1.29 is 75.1 Å². The van der Waals surface area contributed by atoms with Gasteiger partial charge in [0.1, 0.15) is 30.2 Å². The Bertz CT molecular complexity index is 3500. The van der Waals surface area contributed by atoms with Crippen molar-refractivity contribution in [3.8, 4) is 0 Å². The van der Waals surface area contributed by atoms with Crippen LogP contribution in [0.4, 0.5) is 23.2 Å². The molecule has 6 atom stereocenters. The fourth-order valence-corrected chi connectivity index (χ4v) is 14.3. The van der Waals surface area contributed by atoms with Gasteiger partial charge in [0.2, 0.25) is 41.4 Å². The van der Waals surface area contributed by atoms with Crippen LogP contribution in [-0.4, -0.2) is 195 Å². The molecule has 6 aliphatic heterocycles. The van der Waals surface area contributed by atoms with E-state index in [0.717, 1.165) is 51.9 Å². The minimum atomic E-state index is -5.94. The highest BCUT2D eigenvalue weighted by atomic mass is 32.1. The molecular weight excluding hydrogens is 1210 g/mol. The summed E-state index contributed by atoms with van der Waals surface area (Å²) in [6.45, 7) is 8.18. The number of anilines is 1. The fourth-order valence-electron chi connectivity index (χ4n) is 12.9. The molecule has 5 saturated heterocycles. The number of carbonyl (C=O) groups is 9. The Kier molecular flexibility index (Phi) is 18.8. The zero-order chi connectivity index (χ0) is 64.0. The van der Waals surface area contributed by atoms with Gasteiger partial charge in [-0.05, 0) is 84.4 Å². The van der Waals surface area contributed by atoms with Gasteiger partial charge in [-0.15, -0.1) is 11.3 Å². The molecule has 0 radical (unpaired) electrons. The van der Waals surface area contributed by atoms with Crippen LogP contribution in [0.25, 0.3) is 10.1 Å². The second kappa shape index (κ2) is 25.9. The number of piperazine rings is 1. The third-order valence-corrected chi connectivity index (χ3v) is 19.9. The van der Waals surface area contributed by atoms with E-state index >= 15 is 0 Å². The first-order valence-electron chi connectivity index (χ1n) is 29.7. The lowest BCUT2D eigenvalue weighted by Gasteiger charge is -2.49. The predicted octanol–water partition coefficient (Wildman–Crippen LogP) is 3.13. The van der Waals surface area contributed by atoms with E-state index in [9.17, 15) is 75.1 Å². The average molecular weight is 1280 g/mol. The topological polar surface area (TPSA) is 305 Å². The number of alkyl halides is 4. The van der Waals surface area contributed by atoms with Gasteiger partial charge in [-0.3, -0.25) is 62.8 Å². The second-order valence-corrected chi connectivity index (χ2v) is 27.5. The number of hydrogen-bond donors (Lipinski definition) is 7. The van der Waals surface area contributed by atoms with Crippen LogP contribution in [0.1, 0.15) is 108 Å². The molecule has 6 aliphatic rings. The van der Waals surface area contributed by atoms with Crippen LogP contribution >= 0.6 is 18.9 Å². The number of fused-ring (bicyclic) bond motifs is 3. The van der Waals surface area contributed by atoms with Crippen LogP contribution < -0.4 is 31.9 Å². The summed E-state index contributed by atoms with van der Waals surface area (Å²) < 4.78 is 69.1. The van der Waals surface area contributed by atoms with Crippen LogP contribution in [-0.2, 0) is 62.2 Å². The smallest absolute Gasteiger partial charge is 0.370 e. The van der Waals surface area contributed by atoms with E-state index in [2.05, 4.69) is 51.8 Å². The van der Waals surface area contributed by atoms with E-state index in [1.165, 1.54) is 20.8 Å². The number of primary amides is 1. The van der Waals surface area contributed by atoms with Crippen molar-refractivity contribution in [2.24, 2.45) is 5.73 Å². The lowest BCUT2D eigenvalue weighted by Crippen LogP contribution is -2.65. The summed E-state index contributed by atoms with van der Waals surface area (Å²) in [6, 6.07) is 10.4. The number of piperidine rings is 1. The molecule has 8 N–H and O–H groups in total. The first kappa shape index (κ1) is 64.6. The van der Waals surface area contributed by atoms with Crippen molar-refractivity contribution in [1.82, 2.24) is 45.8 Å². The Morgan fingerprint density at radius 1 is 0.831 bits per heavy atom. The Morgan fingerprint density at radius 3 is 2.20 bits per heavy atom. The fraction of sp³-hybridized carbons (Fsp3) is 0.517. The minimum absolute atomic E-state index is 0.0282. The number of benzene rings is 3. The number of nitrogens with two attached hydrogens (primary N) is 1. The maximum atomic E-state index is 14.8. The van der Waals surface area contributed by atoms with Gasteiger partial charge < -0.3 is 51.1 Å². The third-order valence-electron chi connectivity index (χ3n) is 17.8. The van der Waals surface area contributed by atoms with Gasteiger partial charge in [0.15, 0.2) is 0 Å². The van der Waals surface area contributed by atoms with E-state index in [0.29, 0.717) is 44.8 Å². The monoisotopic (exact) mass is 1280 g/mol. The molecule has 29 heteroatoms. The van der Waals surface area contributed by atoms with Crippen LogP contribution in [0.2, 0.25) is 0 Å². The van der Waals surface area contributed by atoms with Crippen LogP contribution in [0.3, 0.4) is 0 Å². The van der Waals surface area contributed by atoms with Crippen molar-refractivity contribution in [3.05, 3.63) is 99.4 Å². The van der Waals surface area contributed by atoms with Crippen LogP contribution in [0.15, 0.2) is 66.7 Å². The molecule has 5 fully saturated rings. The molecule has 0 saturated carbocycles. The van der Waals surface area contributed by atoms with E-state index in [1.807, 2.05) is 36.4 Å². The highest BCUT2D eigenvalue weighted by Crippen LogP contribution is 2.59. The minimum Gasteiger partial charge on any atom is -0.370 e. The van der Waals surface area contributed by atoms with E-state index in [-0.39, 0.29) is 109 Å². The molecule has 0 aliphatic carbocycles. The number of halogens is 4. The van der Waals surface area contributed by atoms with E-state index in [4.69, 9.17) is 5.73 Å². The second-order valence-electron chi connectivity index (χ2n) is 24.8. The molecule has 7 heterocycles. The van der Waals surface area contributed by atoms with E-state index < -0.39 is 110 Å². The predicted molar refractivity (Wildman–Crippen MR) is 318 cm³/mol. The Hall–Kier alpha value is -7.36. The lowest BCUT2D eigenvalue weighted by molar-refractivity contribution is -0.144. The maximum Gasteiger partial charge on any atom is 0.399 e. The molecule has 0 spiro atoms. The number of nitrogens with zero attached hydrogens (tertiary/aromatic N) is 6. The molecule has 23 nitrogen and oxygen atoms in total. The zero-order valence-electron chi connectivity index (χ0n) is 49.3. The van der Waals surface area contributed by atoms with Crippen molar-refractivity contribution in [3.63, 3.8) is 0 Å². The number of rotatable bonds is 19. The number of imide groups is 1. The van der Waals surface area contributed by atoms with Gasteiger partial charge in [0.05, 0.1) is 11.4 Å². The lowest BCUT2D eigenvalue weighted by atomic mass is 9.86. The van der Waals surface area contributed by atoms with Crippen molar-refractivity contribution >= 4 is 87.9 Å². The largest absolute Gasteiger partial charge is 0.399 e. The summed E-state index contributed by atoms with van der Waals surface area (Å²) in [4.78, 5) is 152. The zero-order valence-corrected chi connectivity index (χ0v) is 51.0. The molecule has 10 rings (SSSR count). The third kappa shape index (κ3) is 14.0. The molecular formula is C60H72F4N11O12PS.